The first-order valence-corrected chi connectivity index (χ1v) is 9.19. The minimum absolute atomic E-state index is 0.308. The van der Waals surface area contributed by atoms with Crippen LogP contribution in [0.3, 0.4) is 0 Å². The van der Waals surface area contributed by atoms with Gasteiger partial charge in [0.05, 0.1) is 10.7 Å². The number of hydrogen-bond acceptors (Lipinski definition) is 3. The van der Waals surface area contributed by atoms with Crippen LogP contribution in [0.5, 0.6) is 0 Å². The molecular formula is C20H16ClFN2S. The Balaban J connectivity index is 2.01. The van der Waals surface area contributed by atoms with Gasteiger partial charge in [-0.25, -0.2) is 9.37 Å². The highest BCUT2D eigenvalue weighted by Gasteiger charge is 2.30. The lowest BCUT2D eigenvalue weighted by Gasteiger charge is -2.29. The smallest absolute Gasteiger partial charge is 0.149 e. The molecule has 2 aromatic carbocycles. The molecule has 1 aromatic heterocycles. The first-order chi connectivity index (χ1) is 11.9. The van der Waals surface area contributed by atoms with Crippen LogP contribution in [0.25, 0.3) is 10.9 Å². The Bertz CT molecular complexity index is 1040. The molecule has 1 aliphatic heterocycles. The van der Waals surface area contributed by atoms with Gasteiger partial charge in [-0.05, 0) is 39.0 Å². The second kappa shape index (κ2) is 5.82. The zero-order chi connectivity index (χ0) is 17.8. The Hall–Kier alpha value is -1.91. The fraction of sp³-hybridized carbons (Fsp3) is 0.200. The lowest BCUT2D eigenvalue weighted by atomic mass is 9.98. The Morgan fingerprint density at radius 1 is 1.08 bits per heavy atom. The van der Waals surface area contributed by atoms with Gasteiger partial charge in [0.1, 0.15) is 16.2 Å². The number of aromatic nitrogens is 1. The fourth-order valence-electron chi connectivity index (χ4n) is 3.10. The second-order valence-corrected chi connectivity index (χ2v) is 8.58. The van der Waals surface area contributed by atoms with Crippen LogP contribution in [-0.4, -0.2) is 15.6 Å². The third-order valence-corrected chi connectivity index (χ3v) is 5.86. The van der Waals surface area contributed by atoms with Gasteiger partial charge >= 0.3 is 0 Å². The second-order valence-electron chi connectivity index (χ2n) is 6.56. The van der Waals surface area contributed by atoms with Crippen molar-refractivity contribution in [2.45, 2.75) is 30.5 Å². The molecule has 3 aromatic rings. The molecule has 0 N–H and O–H groups in total. The van der Waals surface area contributed by atoms with E-state index < -0.39 is 0 Å². The molecule has 0 spiro atoms. The highest BCUT2D eigenvalue weighted by atomic mass is 35.5. The van der Waals surface area contributed by atoms with Crippen molar-refractivity contribution in [3.63, 3.8) is 0 Å². The number of hydrogen-bond donors (Lipinski definition) is 0. The number of pyridine rings is 1. The molecule has 2 nitrogen and oxygen atoms in total. The van der Waals surface area contributed by atoms with E-state index >= 15 is 0 Å². The molecule has 0 bridgehead atoms. The Labute approximate surface area is 155 Å². The van der Waals surface area contributed by atoms with E-state index in [0.29, 0.717) is 5.52 Å². The van der Waals surface area contributed by atoms with E-state index in [-0.39, 0.29) is 10.7 Å². The van der Waals surface area contributed by atoms with Crippen LogP contribution in [0.15, 0.2) is 52.4 Å². The molecule has 0 fully saturated rings. The quantitative estimate of drug-likeness (QED) is 0.523. The molecule has 0 unspecified atom stereocenters. The van der Waals surface area contributed by atoms with Crippen LogP contribution in [0.2, 0.25) is 5.02 Å². The molecule has 0 radical (unpaired) electrons. The standard InChI is InChI=1S/C20H16ClFN2S/c1-11-14(10-12-6-4-9-16(22)17(12)23-11)18-13-7-5-8-15(21)19(13)25-20(2,3)24-18/h4-10H,1-3H3. The zero-order valence-electron chi connectivity index (χ0n) is 14.1. The van der Waals surface area contributed by atoms with E-state index in [0.717, 1.165) is 37.8 Å². The van der Waals surface area contributed by atoms with Gasteiger partial charge in [0.15, 0.2) is 0 Å². The molecule has 4 rings (SSSR count). The molecule has 126 valence electrons. The first kappa shape index (κ1) is 16.6. The van der Waals surface area contributed by atoms with E-state index in [4.69, 9.17) is 16.6 Å². The summed E-state index contributed by atoms with van der Waals surface area (Å²) in [7, 11) is 0. The average Bonchev–Trinajstić information content (AvgIpc) is 2.55. The maximum absolute atomic E-state index is 14.0. The Morgan fingerprint density at radius 3 is 2.64 bits per heavy atom. The summed E-state index contributed by atoms with van der Waals surface area (Å²) < 4.78 is 14.0. The van der Waals surface area contributed by atoms with Crippen LogP contribution in [-0.2, 0) is 0 Å². The SMILES string of the molecule is Cc1nc2c(F)cccc2cc1C1=NC(C)(C)Sc2c(Cl)cccc21. The topological polar surface area (TPSA) is 25.2 Å². The molecule has 0 saturated heterocycles. The van der Waals surface area contributed by atoms with Crippen LogP contribution in [0, 0.1) is 12.7 Å². The lowest BCUT2D eigenvalue weighted by Crippen LogP contribution is -2.23. The maximum Gasteiger partial charge on any atom is 0.149 e. The number of para-hydroxylation sites is 1. The van der Waals surface area contributed by atoms with Gasteiger partial charge in [0, 0.05) is 27.1 Å². The minimum Gasteiger partial charge on any atom is -0.267 e. The average molecular weight is 371 g/mol. The Kier molecular flexibility index (Phi) is 3.85. The van der Waals surface area contributed by atoms with Gasteiger partial charge in [-0.15, -0.1) is 0 Å². The molecule has 2 heterocycles. The summed E-state index contributed by atoms with van der Waals surface area (Å²) in [5.74, 6) is -0.308. The highest BCUT2D eigenvalue weighted by Crippen LogP contribution is 2.45. The van der Waals surface area contributed by atoms with E-state index in [9.17, 15) is 4.39 Å². The van der Waals surface area contributed by atoms with Crippen molar-refractivity contribution in [3.8, 4) is 0 Å². The summed E-state index contributed by atoms with van der Waals surface area (Å²) in [6, 6.07) is 12.8. The fourth-order valence-corrected chi connectivity index (χ4v) is 4.47. The zero-order valence-corrected chi connectivity index (χ0v) is 15.7. The summed E-state index contributed by atoms with van der Waals surface area (Å²) >= 11 is 8.09. The predicted molar refractivity (Wildman–Crippen MR) is 103 cm³/mol. The molecule has 1 aliphatic rings. The third kappa shape index (κ3) is 2.83. The number of aliphatic imine (C=N–C) groups is 1. The van der Waals surface area contributed by atoms with Gasteiger partial charge in [-0.2, -0.15) is 0 Å². The lowest BCUT2D eigenvalue weighted by molar-refractivity contribution is 0.636. The number of thioether (sulfide) groups is 1. The summed E-state index contributed by atoms with van der Waals surface area (Å²) in [4.78, 5) is 10.1. The van der Waals surface area contributed by atoms with Crippen LogP contribution in [0.1, 0.15) is 30.7 Å². The largest absolute Gasteiger partial charge is 0.267 e. The van der Waals surface area contributed by atoms with Crippen molar-refractivity contribution < 1.29 is 4.39 Å². The number of aryl methyl sites for hydroxylation is 1. The van der Waals surface area contributed by atoms with Crippen molar-refractivity contribution in [2.24, 2.45) is 4.99 Å². The Morgan fingerprint density at radius 2 is 1.84 bits per heavy atom. The van der Waals surface area contributed by atoms with Crippen molar-refractivity contribution in [1.29, 1.82) is 0 Å². The number of fused-ring (bicyclic) bond motifs is 2. The first-order valence-electron chi connectivity index (χ1n) is 8.00. The predicted octanol–water partition coefficient (Wildman–Crippen LogP) is 6.01. The van der Waals surface area contributed by atoms with E-state index in [2.05, 4.69) is 18.8 Å². The van der Waals surface area contributed by atoms with Gasteiger partial charge in [0.25, 0.3) is 0 Å². The third-order valence-electron chi connectivity index (χ3n) is 4.20. The van der Waals surface area contributed by atoms with Gasteiger partial charge in [-0.1, -0.05) is 47.6 Å². The number of halogens is 2. The minimum atomic E-state index is -0.337. The molecular weight excluding hydrogens is 355 g/mol. The number of benzene rings is 2. The maximum atomic E-state index is 14.0. The van der Waals surface area contributed by atoms with Crippen molar-refractivity contribution in [1.82, 2.24) is 4.98 Å². The summed E-state index contributed by atoms with van der Waals surface area (Å²) in [5, 5.41) is 1.49. The molecule has 0 amide bonds. The van der Waals surface area contributed by atoms with Crippen molar-refractivity contribution in [3.05, 3.63) is 70.1 Å². The molecule has 5 heteroatoms. The van der Waals surface area contributed by atoms with Gasteiger partial charge in [-0.3, -0.25) is 4.99 Å². The summed E-state index contributed by atoms with van der Waals surface area (Å²) in [6.07, 6.45) is 0. The van der Waals surface area contributed by atoms with Crippen LogP contribution < -0.4 is 0 Å². The monoisotopic (exact) mass is 370 g/mol. The molecule has 0 saturated carbocycles. The normalized spacial score (nSPS) is 15.8. The van der Waals surface area contributed by atoms with E-state index in [1.807, 2.05) is 37.3 Å². The summed E-state index contributed by atoms with van der Waals surface area (Å²) in [6.45, 7) is 6.02. The number of rotatable bonds is 1. The molecule has 0 atom stereocenters. The van der Waals surface area contributed by atoms with Crippen molar-refractivity contribution >= 4 is 40.0 Å². The summed E-state index contributed by atoms with van der Waals surface area (Å²) in [5.41, 5.74) is 3.91. The molecule has 0 aliphatic carbocycles. The van der Waals surface area contributed by atoms with Gasteiger partial charge in [0.2, 0.25) is 0 Å². The van der Waals surface area contributed by atoms with E-state index in [1.54, 1.807) is 17.8 Å². The molecule has 25 heavy (non-hydrogen) atoms. The van der Waals surface area contributed by atoms with Crippen LogP contribution >= 0.6 is 23.4 Å². The highest BCUT2D eigenvalue weighted by molar-refractivity contribution is 8.00. The van der Waals surface area contributed by atoms with Crippen molar-refractivity contribution in [2.75, 3.05) is 0 Å². The van der Waals surface area contributed by atoms with E-state index in [1.165, 1.54) is 6.07 Å². The van der Waals surface area contributed by atoms with Gasteiger partial charge < -0.3 is 0 Å². The van der Waals surface area contributed by atoms with Crippen LogP contribution in [0.4, 0.5) is 4.39 Å². The number of nitrogens with zero attached hydrogens (tertiary/aromatic N) is 2.